The number of anilines is 1. The van der Waals surface area contributed by atoms with E-state index in [0.29, 0.717) is 17.6 Å². The Morgan fingerprint density at radius 2 is 1.79 bits per heavy atom. The van der Waals surface area contributed by atoms with E-state index in [4.69, 9.17) is 15.2 Å². The van der Waals surface area contributed by atoms with Crippen molar-refractivity contribution < 1.29 is 14.3 Å². The highest BCUT2D eigenvalue weighted by molar-refractivity contribution is 7.09. The summed E-state index contributed by atoms with van der Waals surface area (Å²) in [6, 6.07) is 0.454. The standard InChI is InChI=1S/C14H18N6O3S/c1-22-13-17-12(18-14(19-13)23-2)20-5-3-8(4-6-20)11-16-9(7-24-11)10(15)21/h7-8H,3-6H2,1-2H3,(H2,15,21). The average Bonchev–Trinajstić information content (AvgIpc) is 3.12. The second-order valence-electron chi connectivity index (χ2n) is 5.31. The molecule has 1 amide bonds. The molecular formula is C14H18N6O3S. The molecule has 0 atom stereocenters. The molecule has 1 aliphatic rings. The Morgan fingerprint density at radius 3 is 2.29 bits per heavy atom. The van der Waals surface area contributed by atoms with E-state index in [2.05, 4.69) is 24.8 Å². The predicted molar refractivity (Wildman–Crippen MR) is 87.8 cm³/mol. The van der Waals surface area contributed by atoms with Crippen LogP contribution in [0.1, 0.15) is 34.3 Å². The molecule has 0 aromatic carbocycles. The van der Waals surface area contributed by atoms with Gasteiger partial charge in [-0.25, -0.2) is 4.98 Å². The number of methoxy groups -OCH3 is 2. The number of nitrogens with two attached hydrogens (primary N) is 1. The first-order valence-corrected chi connectivity index (χ1v) is 8.33. The van der Waals surface area contributed by atoms with Crippen molar-refractivity contribution in [3.05, 3.63) is 16.1 Å². The quantitative estimate of drug-likeness (QED) is 0.843. The van der Waals surface area contributed by atoms with E-state index in [9.17, 15) is 4.79 Å². The van der Waals surface area contributed by atoms with Gasteiger partial charge in [-0.3, -0.25) is 4.79 Å². The molecule has 1 saturated heterocycles. The second-order valence-corrected chi connectivity index (χ2v) is 6.20. The third kappa shape index (κ3) is 3.37. The van der Waals surface area contributed by atoms with Gasteiger partial charge >= 0.3 is 12.0 Å². The number of primary amides is 1. The molecule has 0 aliphatic carbocycles. The van der Waals surface area contributed by atoms with Crippen LogP contribution >= 0.6 is 11.3 Å². The molecule has 3 rings (SSSR count). The molecule has 0 spiro atoms. The Labute approximate surface area is 142 Å². The smallest absolute Gasteiger partial charge is 0.324 e. The van der Waals surface area contributed by atoms with Gasteiger partial charge in [-0.15, -0.1) is 16.3 Å². The summed E-state index contributed by atoms with van der Waals surface area (Å²) < 4.78 is 10.2. The molecule has 10 heteroatoms. The van der Waals surface area contributed by atoms with Crippen LogP contribution in [0.2, 0.25) is 0 Å². The number of hydrogen-bond donors (Lipinski definition) is 1. The van der Waals surface area contributed by atoms with E-state index in [1.54, 1.807) is 5.38 Å². The first-order chi connectivity index (χ1) is 11.6. The number of aromatic nitrogens is 4. The fourth-order valence-electron chi connectivity index (χ4n) is 2.57. The zero-order valence-electron chi connectivity index (χ0n) is 13.4. The van der Waals surface area contributed by atoms with E-state index in [1.807, 2.05) is 0 Å². The summed E-state index contributed by atoms with van der Waals surface area (Å²) in [6.45, 7) is 1.54. The number of thiazole rings is 1. The fraction of sp³-hybridized carbons (Fsp3) is 0.500. The molecular weight excluding hydrogens is 332 g/mol. The molecule has 0 unspecified atom stereocenters. The van der Waals surface area contributed by atoms with E-state index in [-0.39, 0.29) is 12.0 Å². The summed E-state index contributed by atoms with van der Waals surface area (Å²) in [4.78, 5) is 30.1. The molecule has 1 fully saturated rings. The summed E-state index contributed by atoms with van der Waals surface area (Å²) in [5, 5.41) is 2.67. The number of rotatable bonds is 5. The average molecular weight is 350 g/mol. The molecule has 9 nitrogen and oxygen atoms in total. The molecule has 128 valence electrons. The Kier molecular flexibility index (Phi) is 4.74. The SMILES string of the molecule is COc1nc(OC)nc(N2CCC(c3nc(C(N)=O)cs3)CC2)n1. The number of ether oxygens (including phenoxy) is 2. The van der Waals surface area contributed by atoms with Crippen molar-refractivity contribution in [2.45, 2.75) is 18.8 Å². The van der Waals surface area contributed by atoms with Gasteiger partial charge in [0.25, 0.3) is 5.91 Å². The van der Waals surface area contributed by atoms with Gasteiger partial charge in [0.2, 0.25) is 5.95 Å². The van der Waals surface area contributed by atoms with Gasteiger partial charge in [0.1, 0.15) is 5.69 Å². The van der Waals surface area contributed by atoms with Crippen LogP contribution in [0.3, 0.4) is 0 Å². The minimum atomic E-state index is -0.487. The largest absolute Gasteiger partial charge is 0.467 e. The Bertz CT molecular complexity index is 707. The lowest BCUT2D eigenvalue weighted by molar-refractivity contribution is 0.0996. The maximum absolute atomic E-state index is 11.2. The van der Waals surface area contributed by atoms with Crippen molar-refractivity contribution in [3.8, 4) is 12.0 Å². The summed E-state index contributed by atoms with van der Waals surface area (Å²) >= 11 is 1.48. The van der Waals surface area contributed by atoms with Crippen molar-refractivity contribution in [1.82, 2.24) is 19.9 Å². The molecule has 2 aromatic heterocycles. The first kappa shape index (κ1) is 16.4. The summed E-state index contributed by atoms with van der Waals surface area (Å²) in [6.07, 6.45) is 1.78. The van der Waals surface area contributed by atoms with Crippen LogP contribution in [0.4, 0.5) is 5.95 Å². The third-order valence-electron chi connectivity index (χ3n) is 3.85. The van der Waals surface area contributed by atoms with Gasteiger partial charge < -0.3 is 20.1 Å². The van der Waals surface area contributed by atoms with Gasteiger partial charge in [-0.2, -0.15) is 9.97 Å². The van der Waals surface area contributed by atoms with Crippen molar-refractivity contribution in [3.63, 3.8) is 0 Å². The minimum absolute atomic E-state index is 0.227. The van der Waals surface area contributed by atoms with Gasteiger partial charge in [0.15, 0.2) is 0 Å². The lowest BCUT2D eigenvalue weighted by Gasteiger charge is -2.31. The van der Waals surface area contributed by atoms with Gasteiger partial charge in [-0.05, 0) is 12.8 Å². The number of nitrogens with zero attached hydrogens (tertiary/aromatic N) is 5. The summed E-state index contributed by atoms with van der Waals surface area (Å²) in [5.74, 6) is 0.360. The van der Waals surface area contributed by atoms with Crippen LogP contribution in [0.15, 0.2) is 5.38 Å². The molecule has 0 saturated carbocycles. The lowest BCUT2D eigenvalue weighted by atomic mass is 9.98. The first-order valence-electron chi connectivity index (χ1n) is 7.45. The topological polar surface area (TPSA) is 116 Å². The maximum Gasteiger partial charge on any atom is 0.324 e. The Hall–Kier alpha value is -2.49. The van der Waals surface area contributed by atoms with Crippen molar-refractivity contribution in [2.24, 2.45) is 5.73 Å². The fourth-order valence-corrected chi connectivity index (χ4v) is 3.55. The molecule has 0 bridgehead atoms. The van der Waals surface area contributed by atoms with Gasteiger partial charge in [-0.1, -0.05) is 0 Å². The van der Waals surface area contributed by atoms with Crippen molar-refractivity contribution in [1.29, 1.82) is 0 Å². The van der Waals surface area contributed by atoms with Crippen LogP contribution < -0.4 is 20.1 Å². The Morgan fingerprint density at radius 1 is 1.17 bits per heavy atom. The molecule has 2 N–H and O–H groups in total. The van der Waals surface area contributed by atoms with E-state index in [1.165, 1.54) is 25.6 Å². The van der Waals surface area contributed by atoms with E-state index >= 15 is 0 Å². The highest BCUT2D eigenvalue weighted by Crippen LogP contribution is 2.31. The number of carbonyl (C=O) groups is 1. The molecule has 1 aliphatic heterocycles. The van der Waals surface area contributed by atoms with Gasteiger partial charge in [0.05, 0.1) is 19.2 Å². The predicted octanol–water partition coefficient (Wildman–Crippen LogP) is 0.828. The third-order valence-corrected chi connectivity index (χ3v) is 4.86. The zero-order chi connectivity index (χ0) is 17.1. The normalized spacial score (nSPS) is 15.3. The summed E-state index contributed by atoms with van der Waals surface area (Å²) in [5.41, 5.74) is 5.60. The van der Waals surface area contributed by atoms with Crippen LogP contribution in [-0.2, 0) is 0 Å². The second kappa shape index (κ2) is 6.95. The van der Waals surface area contributed by atoms with Crippen LogP contribution in [0.5, 0.6) is 12.0 Å². The molecule has 0 radical (unpaired) electrons. The monoisotopic (exact) mass is 350 g/mol. The van der Waals surface area contributed by atoms with E-state index in [0.717, 1.165) is 30.9 Å². The van der Waals surface area contributed by atoms with Crippen LogP contribution in [-0.4, -0.2) is 53.2 Å². The molecule has 24 heavy (non-hydrogen) atoms. The zero-order valence-corrected chi connectivity index (χ0v) is 14.2. The van der Waals surface area contributed by atoms with E-state index < -0.39 is 5.91 Å². The lowest BCUT2D eigenvalue weighted by Crippen LogP contribution is -2.34. The van der Waals surface area contributed by atoms with Crippen LogP contribution in [0.25, 0.3) is 0 Å². The maximum atomic E-state index is 11.2. The number of carbonyl (C=O) groups excluding carboxylic acids is 1. The van der Waals surface area contributed by atoms with Crippen molar-refractivity contribution in [2.75, 3.05) is 32.2 Å². The highest BCUT2D eigenvalue weighted by atomic mass is 32.1. The van der Waals surface area contributed by atoms with Crippen LogP contribution in [0, 0.1) is 0 Å². The van der Waals surface area contributed by atoms with Crippen molar-refractivity contribution >= 4 is 23.2 Å². The number of hydrogen-bond acceptors (Lipinski definition) is 9. The number of piperidine rings is 1. The molecule has 3 heterocycles. The Balaban J connectivity index is 1.69. The molecule has 2 aromatic rings. The minimum Gasteiger partial charge on any atom is -0.467 e. The summed E-state index contributed by atoms with van der Waals surface area (Å²) in [7, 11) is 3.01. The highest BCUT2D eigenvalue weighted by Gasteiger charge is 2.25. The number of amides is 1. The van der Waals surface area contributed by atoms with Gasteiger partial charge in [0, 0.05) is 24.4 Å².